The molecule has 2 heterocycles. The molecule has 25 heavy (non-hydrogen) atoms. The maximum Gasteiger partial charge on any atom is 0.294 e. The first-order valence-electron chi connectivity index (χ1n) is 8.26. The number of aromatic hydroxyl groups is 1. The number of piperidine rings is 1. The molecule has 3 rings (SSSR count). The zero-order valence-electron chi connectivity index (χ0n) is 14.0. The summed E-state index contributed by atoms with van der Waals surface area (Å²) >= 11 is 0.818. The second-order valence-electron chi connectivity index (χ2n) is 6.43. The number of carbonyl (C=O) groups is 3. The Morgan fingerprint density at radius 3 is 2.72 bits per heavy atom. The van der Waals surface area contributed by atoms with Crippen molar-refractivity contribution in [3.8, 4) is 5.75 Å². The lowest BCUT2D eigenvalue weighted by Gasteiger charge is -2.31. The number of thioether (sulfide) groups is 1. The summed E-state index contributed by atoms with van der Waals surface area (Å²) in [7, 11) is 0. The van der Waals surface area contributed by atoms with Crippen molar-refractivity contribution in [1.82, 2.24) is 9.80 Å². The second kappa shape index (κ2) is 7.31. The number of amides is 3. The van der Waals surface area contributed by atoms with Crippen LogP contribution in [0.2, 0.25) is 0 Å². The summed E-state index contributed by atoms with van der Waals surface area (Å²) in [6, 6.07) is 6.43. The first kappa shape index (κ1) is 17.5. The molecule has 2 fully saturated rings. The molecule has 0 aliphatic carbocycles. The van der Waals surface area contributed by atoms with Crippen LogP contribution in [0.25, 0.3) is 6.08 Å². The van der Waals surface area contributed by atoms with Crippen molar-refractivity contribution in [2.75, 3.05) is 19.6 Å². The number of nitrogens with zero attached hydrogens (tertiary/aromatic N) is 2. The van der Waals surface area contributed by atoms with Crippen LogP contribution in [0.3, 0.4) is 0 Å². The highest BCUT2D eigenvalue weighted by molar-refractivity contribution is 8.18. The monoisotopic (exact) mass is 360 g/mol. The predicted molar refractivity (Wildman–Crippen MR) is 95.8 cm³/mol. The van der Waals surface area contributed by atoms with Crippen LogP contribution in [-0.2, 0) is 9.59 Å². The molecule has 0 atom stereocenters. The molecule has 1 aromatic carbocycles. The lowest BCUT2D eigenvalue weighted by atomic mass is 9.99. The van der Waals surface area contributed by atoms with E-state index >= 15 is 0 Å². The van der Waals surface area contributed by atoms with E-state index in [1.54, 1.807) is 23.1 Å². The summed E-state index contributed by atoms with van der Waals surface area (Å²) in [5.41, 5.74) is 0.627. The number of rotatable bonds is 3. The van der Waals surface area contributed by atoms with Crippen LogP contribution in [0.4, 0.5) is 4.79 Å². The molecule has 2 aliphatic heterocycles. The quantitative estimate of drug-likeness (QED) is 0.839. The number of likely N-dealkylation sites (tertiary alicyclic amines) is 1. The van der Waals surface area contributed by atoms with Crippen LogP contribution in [0.5, 0.6) is 5.75 Å². The number of benzene rings is 1. The minimum absolute atomic E-state index is 0.0856. The number of imide groups is 1. The van der Waals surface area contributed by atoms with Crippen LogP contribution in [-0.4, -0.2) is 51.6 Å². The van der Waals surface area contributed by atoms with Crippen LogP contribution >= 0.6 is 11.8 Å². The third kappa shape index (κ3) is 4.04. The molecule has 0 aromatic heterocycles. The van der Waals surface area contributed by atoms with Gasteiger partial charge < -0.3 is 10.0 Å². The molecule has 3 amide bonds. The van der Waals surface area contributed by atoms with E-state index in [4.69, 9.17) is 0 Å². The summed E-state index contributed by atoms with van der Waals surface area (Å²) in [4.78, 5) is 40.0. The van der Waals surface area contributed by atoms with Gasteiger partial charge >= 0.3 is 0 Å². The van der Waals surface area contributed by atoms with E-state index in [2.05, 4.69) is 6.92 Å². The Hall–Kier alpha value is -2.28. The first-order chi connectivity index (χ1) is 11.9. The molecule has 0 unspecified atom stereocenters. The highest BCUT2D eigenvalue weighted by atomic mass is 32.2. The van der Waals surface area contributed by atoms with E-state index in [9.17, 15) is 19.5 Å². The van der Waals surface area contributed by atoms with E-state index in [0.29, 0.717) is 24.6 Å². The fraction of sp³-hybridized carbons (Fsp3) is 0.389. The summed E-state index contributed by atoms with van der Waals surface area (Å²) in [5.74, 6) is 0.0406. The lowest BCUT2D eigenvalue weighted by Crippen LogP contribution is -2.45. The standard InChI is InChI=1S/C18H20N2O4S/c1-12-5-7-19(8-6-12)16(22)11-20-17(23)15(25-18(20)24)10-13-3-2-4-14(21)9-13/h2-4,9-10,12,21H,5-8,11H2,1H3/b15-10+. The molecule has 1 N–H and O–H groups in total. The molecule has 0 bridgehead atoms. The van der Waals surface area contributed by atoms with Gasteiger partial charge in [0.15, 0.2) is 0 Å². The number of phenolic OH excluding ortho intramolecular Hbond substituents is 1. The largest absolute Gasteiger partial charge is 0.508 e. The van der Waals surface area contributed by atoms with E-state index in [1.165, 1.54) is 12.1 Å². The Balaban J connectivity index is 1.68. The average molecular weight is 360 g/mol. The third-order valence-electron chi connectivity index (χ3n) is 4.47. The fourth-order valence-corrected chi connectivity index (χ4v) is 3.73. The number of carbonyl (C=O) groups excluding carboxylic acids is 3. The van der Waals surface area contributed by atoms with Crippen LogP contribution in [0.15, 0.2) is 29.2 Å². The van der Waals surface area contributed by atoms with Crippen molar-refractivity contribution in [3.05, 3.63) is 34.7 Å². The van der Waals surface area contributed by atoms with E-state index < -0.39 is 11.1 Å². The molecule has 6 nitrogen and oxygen atoms in total. The molecule has 132 valence electrons. The molecule has 1 aromatic rings. The fourth-order valence-electron chi connectivity index (χ4n) is 2.90. The zero-order chi connectivity index (χ0) is 18.0. The van der Waals surface area contributed by atoms with Gasteiger partial charge in [-0.25, -0.2) is 0 Å². The van der Waals surface area contributed by atoms with E-state index in [0.717, 1.165) is 29.5 Å². The van der Waals surface area contributed by atoms with Crippen LogP contribution in [0.1, 0.15) is 25.3 Å². The Morgan fingerprint density at radius 2 is 2.04 bits per heavy atom. The number of hydrogen-bond donors (Lipinski definition) is 1. The minimum atomic E-state index is -0.461. The summed E-state index contributed by atoms with van der Waals surface area (Å²) in [5, 5.41) is 9.06. The molecule has 7 heteroatoms. The van der Waals surface area contributed by atoms with Crippen molar-refractivity contribution in [2.24, 2.45) is 5.92 Å². The normalized spacial score (nSPS) is 20.6. The predicted octanol–water partition coefficient (Wildman–Crippen LogP) is 2.69. The van der Waals surface area contributed by atoms with Crippen LogP contribution in [0, 0.1) is 5.92 Å². The van der Waals surface area contributed by atoms with Crippen molar-refractivity contribution < 1.29 is 19.5 Å². The molecule has 2 saturated heterocycles. The van der Waals surface area contributed by atoms with Gasteiger partial charge in [0.25, 0.3) is 11.1 Å². The molecule has 0 radical (unpaired) electrons. The summed E-state index contributed by atoms with van der Waals surface area (Å²) in [6.45, 7) is 3.30. The Bertz CT molecular complexity index is 738. The van der Waals surface area contributed by atoms with Gasteiger partial charge in [0.05, 0.1) is 4.91 Å². The van der Waals surface area contributed by atoms with Gasteiger partial charge in [0.2, 0.25) is 5.91 Å². The SMILES string of the molecule is CC1CCN(C(=O)CN2C(=O)S/C(=C/c3cccc(O)c3)C2=O)CC1. The summed E-state index contributed by atoms with van der Waals surface area (Å²) < 4.78 is 0. The van der Waals surface area contributed by atoms with Crippen LogP contribution < -0.4 is 0 Å². The summed E-state index contributed by atoms with van der Waals surface area (Å²) in [6.07, 6.45) is 3.45. The molecular weight excluding hydrogens is 340 g/mol. The average Bonchev–Trinajstić information content (AvgIpc) is 2.83. The zero-order valence-corrected chi connectivity index (χ0v) is 14.8. The highest BCUT2D eigenvalue weighted by Crippen LogP contribution is 2.32. The van der Waals surface area contributed by atoms with Crippen molar-refractivity contribution in [3.63, 3.8) is 0 Å². The molecular formula is C18H20N2O4S. The number of hydrogen-bond acceptors (Lipinski definition) is 5. The third-order valence-corrected chi connectivity index (χ3v) is 5.38. The van der Waals surface area contributed by atoms with Gasteiger partial charge in [-0.2, -0.15) is 0 Å². The number of phenols is 1. The van der Waals surface area contributed by atoms with Gasteiger partial charge in [-0.05, 0) is 54.3 Å². The highest BCUT2D eigenvalue weighted by Gasteiger charge is 2.37. The maximum atomic E-state index is 12.5. The van der Waals surface area contributed by atoms with Gasteiger partial charge in [-0.3, -0.25) is 19.3 Å². The van der Waals surface area contributed by atoms with Crippen molar-refractivity contribution in [2.45, 2.75) is 19.8 Å². The Labute approximate surface area is 150 Å². The Morgan fingerprint density at radius 1 is 1.32 bits per heavy atom. The maximum absolute atomic E-state index is 12.5. The van der Waals surface area contributed by atoms with Crippen molar-refractivity contribution >= 4 is 34.9 Å². The molecule has 2 aliphatic rings. The second-order valence-corrected chi connectivity index (χ2v) is 7.42. The van der Waals surface area contributed by atoms with E-state index in [-0.39, 0.29) is 23.1 Å². The Kier molecular flexibility index (Phi) is 5.13. The lowest BCUT2D eigenvalue weighted by molar-refractivity contribution is -0.136. The van der Waals surface area contributed by atoms with Gasteiger partial charge in [0, 0.05) is 13.1 Å². The van der Waals surface area contributed by atoms with Crippen molar-refractivity contribution in [1.29, 1.82) is 0 Å². The van der Waals surface area contributed by atoms with Gasteiger partial charge in [-0.15, -0.1) is 0 Å². The molecule has 0 saturated carbocycles. The minimum Gasteiger partial charge on any atom is -0.508 e. The van der Waals surface area contributed by atoms with Gasteiger partial charge in [0.1, 0.15) is 12.3 Å². The topological polar surface area (TPSA) is 77.9 Å². The smallest absolute Gasteiger partial charge is 0.294 e. The first-order valence-corrected chi connectivity index (χ1v) is 9.08. The molecule has 0 spiro atoms. The van der Waals surface area contributed by atoms with Gasteiger partial charge in [-0.1, -0.05) is 19.1 Å². The van der Waals surface area contributed by atoms with E-state index in [1.807, 2.05) is 0 Å².